The van der Waals surface area contributed by atoms with Gasteiger partial charge in [-0.3, -0.25) is 0 Å². The largest absolute Gasteiger partial charge is 0.478 e. The lowest BCUT2D eigenvalue weighted by Gasteiger charge is -2.54. The Kier molecular flexibility index (Phi) is 3.30. The first-order valence-corrected chi connectivity index (χ1v) is 6.49. The number of rotatable bonds is 1. The molecule has 96 valence electrons. The molecule has 0 atom stereocenters. The summed E-state index contributed by atoms with van der Waals surface area (Å²) in [5, 5.41) is 18.0. The predicted octanol–water partition coefficient (Wildman–Crippen LogP) is 2.59. The van der Waals surface area contributed by atoms with Crippen molar-refractivity contribution in [3.8, 4) is 0 Å². The Bertz CT molecular complexity index is 285. The van der Waals surface area contributed by atoms with Crippen molar-refractivity contribution in [1.82, 2.24) is 0 Å². The fourth-order valence-corrected chi connectivity index (χ4v) is 4.06. The van der Waals surface area contributed by atoms with E-state index >= 15 is 0 Å². The van der Waals surface area contributed by atoms with E-state index in [1.165, 1.54) is 26.2 Å². The van der Waals surface area contributed by atoms with Crippen molar-refractivity contribution in [3.63, 3.8) is 0 Å². The van der Waals surface area contributed by atoms with Crippen molar-refractivity contribution < 1.29 is 15.0 Å². The number of aliphatic carboxylic acids is 1. The van der Waals surface area contributed by atoms with E-state index in [4.69, 9.17) is 5.11 Å². The minimum atomic E-state index is -0.935. The smallest absolute Gasteiger partial charge is 0.330 e. The molecule has 3 nitrogen and oxygen atoms in total. The van der Waals surface area contributed by atoms with Gasteiger partial charge in [0, 0.05) is 5.57 Å². The van der Waals surface area contributed by atoms with Crippen LogP contribution in [0.15, 0.2) is 12.2 Å². The van der Waals surface area contributed by atoms with Crippen molar-refractivity contribution in [2.75, 3.05) is 0 Å². The highest BCUT2D eigenvalue weighted by molar-refractivity contribution is 5.84. The van der Waals surface area contributed by atoms with Crippen LogP contribution in [0.25, 0.3) is 0 Å². The summed E-state index contributed by atoms with van der Waals surface area (Å²) < 4.78 is 0. The molecule has 4 bridgehead atoms. The number of aliphatic hydroxyl groups is 1. The summed E-state index contributed by atoms with van der Waals surface area (Å²) in [5.41, 5.74) is -0.0237. The molecule has 2 N–H and O–H groups in total. The molecule has 4 rings (SSSR count). The van der Waals surface area contributed by atoms with Gasteiger partial charge >= 0.3 is 5.97 Å². The van der Waals surface area contributed by atoms with Crippen molar-refractivity contribution >= 4 is 5.97 Å². The third-order valence-electron chi connectivity index (χ3n) is 4.37. The lowest BCUT2D eigenvalue weighted by Crippen LogP contribution is -2.50. The van der Waals surface area contributed by atoms with Crippen LogP contribution in [0.5, 0.6) is 0 Å². The number of hydrogen-bond donors (Lipinski definition) is 2. The Balaban J connectivity index is 0.000000157. The van der Waals surface area contributed by atoms with Gasteiger partial charge in [0.2, 0.25) is 0 Å². The van der Waals surface area contributed by atoms with E-state index in [1.807, 2.05) is 0 Å². The molecule has 0 aromatic rings. The molecule has 0 heterocycles. The van der Waals surface area contributed by atoms with Crippen LogP contribution >= 0.6 is 0 Å². The fourth-order valence-electron chi connectivity index (χ4n) is 4.06. The van der Waals surface area contributed by atoms with Gasteiger partial charge in [-0.1, -0.05) is 6.58 Å². The van der Waals surface area contributed by atoms with E-state index in [1.54, 1.807) is 0 Å². The maximum Gasteiger partial charge on any atom is 0.330 e. The molecule has 0 aromatic carbocycles. The SMILES string of the molecule is C=C(C)C(=O)O.OC12CC3CC(CC(C3)C1)C2. The number of carboxylic acids is 1. The topological polar surface area (TPSA) is 57.5 Å². The zero-order valence-electron chi connectivity index (χ0n) is 10.5. The van der Waals surface area contributed by atoms with Gasteiger partial charge in [-0.25, -0.2) is 4.79 Å². The molecule has 4 fully saturated rings. The van der Waals surface area contributed by atoms with Crippen LogP contribution in [0, 0.1) is 17.8 Å². The van der Waals surface area contributed by atoms with Crippen LogP contribution in [-0.2, 0) is 4.79 Å². The van der Waals surface area contributed by atoms with Crippen LogP contribution in [0.2, 0.25) is 0 Å². The summed E-state index contributed by atoms with van der Waals surface area (Å²) in [7, 11) is 0. The summed E-state index contributed by atoms with van der Waals surface area (Å²) in [6.45, 7) is 4.60. The van der Waals surface area contributed by atoms with E-state index in [-0.39, 0.29) is 11.2 Å². The molecule has 0 aliphatic heterocycles. The summed E-state index contributed by atoms with van der Waals surface area (Å²) in [6.07, 6.45) is 7.66. The van der Waals surface area contributed by atoms with Gasteiger partial charge in [-0.05, 0) is 63.2 Å². The van der Waals surface area contributed by atoms with E-state index < -0.39 is 5.97 Å². The van der Waals surface area contributed by atoms with Crippen LogP contribution in [-0.4, -0.2) is 21.8 Å². The lowest BCUT2D eigenvalue weighted by molar-refractivity contribution is -0.132. The van der Waals surface area contributed by atoms with Crippen LogP contribution in [0.1, 0.15) is 45.4 Å². The summed E-state index contributed by atoms with van der Waals surface area (Å²) in [5.74, 6) is 1.75. The minimum absolute atomic E-state index is 0.176. The van der Waals surface area contributed by atoms with E-state index in [2.05, 4.69) is 6.58 Å². The zero-order valence-corrected chi connectivity index (χ0v) is 10.5. The summed E-state index contributed by atoms with van der Waals surface area (Å²) in [6, 6.07) is 0. The molecule has 17 heavy (non-hydrogen) atoms. The highest BCUT2D eigenvalue weighted by atomic mass is 16.4. The molecular weight excluding hydrogens is 216 g/mol. The Hall–Kier alpha value is -0.830. The highest BCUT2D eigenvalue weighted by Crippen LogP contribution is 2.55. The second kappa shape index (κ2) is 4.45. The molecule has 0 spiro atoms. The molecule has 0 saturated heterocycles. The number of carbonyl (C=O) groups is 1. The normalized spacial score (nSPS) is 41.6. The molecule has 0 radical (unpaired) electrons. The second-order valence-electron chi connectivity index (χ2n) is 6.23. The first kappa shape index (κ1) is 12.6. The Morgan fingerprint density at radius 3 is 1.59 bits per heavy atom. The van der Waals surface area contributed by atoms with E-state index in [0.29, 0.717) is 0 Å². The molecular formula is C14H22O3. The Labute approximate surface area is 103 Å². The fraction of sp³-hybridized carbons (Fsp3) is 0.786. The zero-order chi connectivity index (χ0) is 12.6. The molecule has 3 heteroatoms. The van der Waals surface area contributed by atoms with Crippen LogP contribution < -0.4 is 0 Å². The van der Waals surface area contributed by atoms with Crippen molar-refractivity contribution in [2.24, 2.45) is 17.8 Å². The molecule has 0 amide bonds. The predicted molar refractivity (Wildman–Crippen MR) is 65.6 cm³/mol. The maximum atomic E-state index is 10.1. The molecule has 4 saturated carbocycles. The number of carboxylic acid groups (broad SMARTS) is 1. The summed E-state index contributed by atoms with van der Waals surface area (Å²) in [4.78, 5) is 9.60. The van der Waals surface area contributed by atoms with Gasteiger partial charge in [0.25, 0.3) is 0 Å². The van der Waals surface area contributed by atoms with E-state index in [0.717, 1.165) is 37.0 Å². The average molecular weight is 238 g/mol. The first-order valence-electron chi connectivity index (χ1n) is 6.49. The third-order valence-corrected chi connectivity index (χ3v) is 4.37. The van der Waals surface area contributed by atoms with Crippen LogP contribution in [0.4, 0.5) is 0 Å². The quantitative estimate of drug-likeness (QED) is 0.690. The monoisotopic (exact) mass is 238 g/mol. The van der Waals surface area contributed by atoms with Gasteiger partial charge in [0.1, 0.15) is 0 Å². The van der Waals surface area contributed by atoms with Gasteiger partial charge in [0.15, 0.2) is 0 Å². The maximum absolute atomic E-state index is 10.1. The Morgan fingerprint density at radius 1 is 1.12 bits per heavy atom. The average Bonchev–Trinajstić information content (AvgIpc) is 2.13. The first-order chi connectivity index (χ1) is 7.88. The number of hydrogen-bond acceptors (Lipinski definition) is 2. The summed E-state index contributed by atoms with van der Waals surface area (Å²) >= 11 is 0. The third kappa shape index (κ3) is 2.89. The highest BCUT2D eigenvalue weighted by Gasteiger charge is 2.49. The van der Waals surface area contributed by atoms with Crippen LogP contribution in [0.3, 0.4) is 0 Å². The van der Waals surface area contributed by atoms with Gasteiger partial charge < -0.3 is 10.2 Å². The molecule has 4 aliphatic rings. The van der Waals surface area contributed by atoms with Gasteiger partial charge in [-0.2, -0.15) is 0 Å². The Morgan fingerprint density at radius 2 is 1.41 bits per heavy atom. The molecule has 4 aliphatic carbocycles. The lowest BCUT2D eigenvalue weighted by atomic mass is 9.54. The van der Waals surface area contributed by atoms with Crippen molar-refractivity contribution in [1.29, 1.82) is 0 Å². The van der Waals surface area contributed by atoms with Gasteiger partial charge in [0.05, 0.1) is 5.60 Å². The van der Waals surface area contributed by atoms with E-state index in [9.17, 15) is 9.90 Å². The van der Waals surface area contributed by atoms with Gasteiger partial charge in [-0.15, -0.1) is 0 Å². The second-order valence-corrected chi connectivity index (χ2v) is 6.23. The molecule has 0 unspecified atom stereocenters. The van der Waals surface area contributed by atoms with Crippen molar-refractivity contribution in [2.45, 2.75) is 51.0 Å². The minimum Gasteiger partial charge on any atom is -0.478 e. The standard InChI is InChI=1S/C10H16O.C4H6O2/c11-10-4-7-1-8(5-10)3-9(2-7)6-10;1-3(2)4(5)6/h7-9,11H,1-6H2;1H2,2H3,(H,5,6). The molecule has 0 aromatic heterocycles. The van der Waals surface area contributed by atoms with Crippen molar-refractivity contribution in [3.05, 3.63) is 12.2 Å².